The second-order valence-corrected chi connectivity index (χ2v) is 5.26. The Morgan fingerprint density at radius 3 is 2.95 bits per heavy atom. The number of nitrogens with two attached hydrogens (primary N) is 1. The Morgan fingerprint density at radius 1 is 1.53 bits per heavy atom. The predicted molar refractivity (Wildman–Crippen MR) is 76.4 cm³/mol. The van der Waals surface area contributed by atoms with E-state index in [9.17, 15) is 10.1 Å². The number of rotatable bonds is 4. The van der Waals surface area contributed by atoms with Crippen LogP contribution in [0.3, 0.4) is 0 Å². The third-order valence-electron chi connectivity index (χ3n) is 3.83. The summed E-state index contributed by atoms with van der Waals surface area (Å²) < 4.78 is 0. The Balaban J connectivity index is 2.15. The van der Waals surface area contributed by atoms with Crippen LogP contribution >= 0.6 is 0 Å². The maximum atomic E-state index is 10.8. The van der Waals surface area contributed by atoms with Gasteiger partial charge in [0.05, 0.1) is 4.92 Å². The number of non-ortho nitro benzene ring substituents is 1. The molecule has 1 aliphatic heterocycles. The van der Waals surface area contributed by atoms with Crippen LogP contribution in [0.1, 0.15) is 24.8 Å². The third kappa shape index (κ3) is 3.23. The molecular weight excluding hydrogens is 242 g/mol. The molecule has 5 nitrogen and oxygen atoms in total. The van der Waals surface area contributed by atoms with Gasteiger partial charge < -0.3 is 10.6 Å². The Kier molecular flexibility index (Phi) is 4.37. The summed E-state index contributed by atoms with van der Waals surface area (Å²) in [5, 5.41) is 10.8. The Labute approximate surface area is 113 Å². The molecule has 0 saturated carbocycles. The van der Waals surface area contributed by atoms with E-state index in [0.717, 1.165) is 37.3 Å². The highest BCUT2D eigenvalue weighted by molar-refractivity contribution is 5.57. The molecular formula is C14H21N3O2. The van der Waals surface area contributed by atoms with Crippen LogP contribution in [0.25, 0.3) is 0 Å². The summed E-state index contributed by atoms with van der Waals surface area (Å²) in [6, 6.07) is 5.12. The number of piperidine rings is 1. The Morgan fingerprint density at radius 2 is 2.32 bits per heavy atom. The summed E-state index contributed by atoms with van der Waals surface area (Å²) in [5.41, 5.74) is 7.89. The molecule has 1 aromatic carbocycles. The highest BCUT2D eigenvalue weighted by atomic mass is 16.6. The fourth-order valence-corrected chi connectivity index (χ4v) is 2.86. The van der Waals surface area contributed by atoms with Crippen molar-refractivity contribution < 1.29 is 4.92 Å². The lowest BCUT2D eigenvalue weighted by molar-refractivity contribution is -0.384. The van der Waals surface area contributed by atoms with E-state index in [4.69, 9.17) is 5.73 Å². The summed E-state index contributed by atoms with van der Waals surface area (Å²) in [4.78, 5) is 12.7. The molecule has 1 fully saturated rings. The zero-order valence-electron chi connectivity index (χ0n) is 11.3. The van der Waals surface area contributed by atoms with Gasteiger partial charge >= 0.3 is 0 Å². The number of hydrogen-bond acceptors (Lipinski definition) is 4. The van der Waals surface area contributed by atoms with Crippen molar-refractivity contribution in [3.05, 3.63) is 33.9 Å². The number of benzene rings is 1. The van der Waals surface area contributed by atoms with Gasteiger partial charge in [0.2, 0.25) is 0 Å². The molecule has 19 heavy (non-hydrogen) atoms. The summed E-state index contributed by atoms with van der Waals surface area (Å²) in [6.07, 6.45) is 3.46. The van der Waals surface area contributed by atoms with Crippen molar-refractivity contribution in [2.75, 3.05) is 24.5 Å². The first-order chi connectivity index (χ1) is 9.11. The molecule has 1 saturated heterocycles. The number of aryl methyl sites for hydroxylation is 1. The second kappa shape index (κ2) is 6.02. The molecule has 1 aliphatic rings. The highest BCUT2D eigenvalue weighted by Gasteiger charge is 2.21. The van der Waals surface area contributed by atoms with Gasteiger partial charge in [-0.2, -0.15) is 0 Å². The zero-order chi connectivity index (χ0) is 13.8. The molecule has 1 heterocycles. The van der Waals surface area contributed by atoms with Crippen molar-refractivity contribution in [3.8, 4) is 0 Å². The maximum absolute atomic E-state index is 10.8. The van der Waals surface area contributed by atoms with E-state index >= 15 is 0 Å². The summed E-state index contributed by atoms with van der Waals surface area (Å²) >= 11 is 0. The van der Waals surface area contributed by atoms with Gasteiger partial charge in [-0.3, -0.25) is 10.1 Å². The number of nitro groups is 1. The number of anilines is 1. The van der Waals surface area contributed by atoms with Gasteiger partial charge in [-0.15, -0.1) is 0 Å². The smallest absolute Gasteiger partial charge is 0.269 e. The van der Waals surface area contributed by atoms with Crippen LogP contribution in [0.5, 0.6) is 0 Å². The molecule has 0 spiro atoms. The summed E-state index contributed by atoms with van der Waals surface area (Å²) in [6.45, 7) is 4.71. The number of nitrogens with zero attached hydrogens (tertiary/aromatic N) is 2. The van der Waals surface area contributed by atoms with E-state index in [-0.39, 0.29) is 10.6 Å². The van der Waals surface area contributed by atoms with E-state index < -0.39 is 0 Å². The fraction of sp³-hybridized carbons (Fsp3) is 0.571. The SMILES string of the molecule is Cc1cc([N+](=O)[O-])ccc1N1CCCC(CCN)C1. The second-order valence-electron chi connectivity index (χ2n) is 5.26. The minimum absolute atomic E-state index is 0.164. The van der Waals surface area contributed by atoms with Crippen LogP contribution < -0.4 is 10.6 Å². The van der Waals surface area contributed by atoms with Crippen LogP contribution in [0.4, 0.5) is 11.4 Å². The first-order valence-corrected chi connectivity index (χ1v) is 6.82. The molecule has 5 heteroatoms. The maximum Gasteiger partial charge on any atom is 0.269 e. The standard InChI is InChI=1S/C14H21N3O2/c1-11-9-13(17(18)19)4-5-14(11)16-8-2-3-12(10-16)6-7-15/h4-5,9,12H,2-3,6-8,10,15H2,1H3. The minimum Gasteiger partial charge on any atom is -0.371 e. The Hall–Kier alpha value is -1.62. The third-order valence-corrected chi connectivity index (χ3v) is 3.83. The largest absolute Gasteiger partial charge is 0.371 e. The predicted octanol–water partition coefficient (Wildman–Crippen LogP) is 2.47. The Bertz CT molecular complexity index is 460. The zero-order valence-corrected chi connectivity index (χ0v) is 11.3. The summed E-state index contributed by atoms with van der Waals surface area (Å²) in [5.74, 6) is 0.647. The van der Waals surface area contributed by atoms with Crippen LogP contribution in [-0.2, 0) is 0 Å². The molecule has 0 aromatic heterocycles. The van der Waals surface area contributed by atoms with Crippen LogP contribution in [0.2, 0.25) is 0 Å². The van der Waals surface area contributed by atoms with Crippen molar-refractivity contribution in [2.24, 2.45) is 11.7 Å². The first-order valence-electron chi connectivity index (χ1n) is 6.82. The first kappa shape index (κ1) is 13.8. The van der Waals surface area contributed by atoms with Crippen molar-refractivity contribution in [1.29, 1.82) is 0 Å². The van der Waals surface area contributed by atoms with Crippen LogP contribution in [-0.4, -0.2) is 24.6 Å². The van der Waals surface area contributed by atoms with Gasteiger partial charge in [-0.1, -0.05) is 0 Å². The average Bonchev–Trinajstić information content (AvgIpc) is 2.39. The normalized spacial score (nSPS) is 19.5. The van der Waals surface area contributed by atoms with Crippen molar-refractivity contribution in [2.45, 2.75) is 26.2 Å². The lowest BCUT2D eigenvalue weighted by atomic mass is 9.94. The number of hydrogen-bond donors (Lipinski definition) is 1. The van der Waals surface area contributed by atoms with Crippen LogP contribution in [0, 0.1) is 23.0 Å². The lowest BCUT2D eigenvalue weighted by Gasteiger charge is -2.35. The average molecular weight is 263 g/mol. The molecule has 1 unspecified atom stereocenters. The molecule has 1 aromatic rings. The van der Waals surface area contributed by atoms with Crippen molar-refractivity contribution >= 4 is 11.4 Å². The molecule has 1 atom stereocenters. The molecule has 104 valence electrons. The topological polar surface area (TPSA) is 72.4 Å². The number of nitro benzene ring substituents is 1. The molecule has 0 aliphatic carbocycles. The highest BCUT2D eigenvalue weighted by Crippen LogP contribution is 2.29. The molecule has 2 rings (SSSR count). The van der Waals surface area contributed by atoms with Gasteiger partial charge in [-0.05, 0) is 50.3 Å². The minimum atomic E-state index is -0.343. The molecule has 0 radical (unpaired) electrons. The lowest BCUT2D eigenvalue weighted by Crippen LogP contribution is -2.36. The van der Waals surface area contributed by atoms with Crippen molar-refractivity contribution in [3.63, 3.8) is 0 Å². The van der Waals surface area contributed by atoms with E-state index in [1.807, 2.05) is 13.0 Å². The molecule has 0 amide bonds. The fourth-order valence-electron chi connectivity index (χ4n) is 2.86. The molecule has 2 N–H and O–H groups in total. The van der Waals surface area contributed by atoms with Gasteiger partial charge in [0.15, 0.2) is 0 Å². The van der Waals surface area contributed by atoms with Gasteiger partial charge in [0, 0.05) is 30.9 Å². The van der Waals surface area contributed by atoms with Crippen molar-refractivity contribution in [1.82, 2.24) is 0 Å². The molecule has 0 bridgehead atoms. The van der Waals surface area contributed by atoms with Gasteiger partial charge in [-0.25, -0.2) is 0 Å². The van der Waals surface area contributed by atoms with E-state index in [1.165, 1.54) is 12.8 Å². The van der Waals surface area contributed by atoms with E-state index in [2.05, 4.69) is 4.90 Å². The summed E-state index contributed by atoms with van der Waals surface area (Å²) in [7, 11) is 0. The van der Waals surface area contributed by atoms with Gasteiger partial charge in [0.25, 0.3) is 5.69 Å². The quantitative estimate of drug-likeness (QED) is 0.669. The van der Waals surface area contributed by atoms with E-state index in [0.29, 0.717) is 5.92 Å². The van der Waals surface area contributed by atoms with Gasteiger partial charge in [0.1, 0.15) is 0 Å². The van der Waals surface area contributed by atoms with E-state index in [1.54, 1.807) is 12.1 Å². The van der Waals surface area contributed by atoms with Crippen LogP contribution in [0.15, 0.2) is 18.2 Å². The monoisotopic (exact) mass is 263 g/mol.